The van der Waals surface area contributed by atoms with Gasteiger partial charge in [0.1, 0.15) is 17.1 Å². The average Bonchev–Trinajstić information content (AvgIpc) is 3.50. The summed E-state index contributed by atoms with van der Waals surface area (Å²) in [5.74, 6) is 0.305. The predicted molar refractivity (Wildman–Crippen MR) is 125 cm³/mol. The molecule has 7 atom stereocenters. The molecule has 3 aliphatic rings. The minimum absolute atomic E-state index is 0.0000727. The summed E-state index contributed by atoms with van der Waals surface area (Å²) in [6.07, 6.45) is 6.90. The summed E-state index contributed by atoms with van der Waals surface area (Å²) < 4.78 is 5.90. The Labute approximate surface area is 193 Å². The molecule has 2 unspecified atom stereocenters. The average molecular weight is 450 g/mol. The predicted octanol–water partition coefficient (Wildman–Crippen LogP) is 4.67. The molecule has 1 aromatic carbocycles. The first-order valence-corrected chi connectivity index (χ1v) is 11.9. The third-order valence-corrected chi connectivity index (χ3v) is 8.03. The van der Waals surface area contributed by atoms with Crippen molar-refractivity contribution in [3.8, 4) is 22.6 Å². The topological polar surface area (TPSA) is 103 Å². The Morgan fingerprint density at radius 1 is 1.12 bits per heavy atom. The van der Waals surface area contributed by atoms with E-state index in [2.05, 4.69) is 18.8 Å². The van der Waals surface area contributed by atoms with Crippen molar-refractivity contribution < 1.29 is 19.7 Å². The molecule has 174 valence electrons. The van der Waals surface area contributed by atoms with Gasteiger partial charge in [0.2, 0.25) is 0 Å². The normalized spacial score (nSPS) is 33.2. The van der Waals surface area contributed by atoms with Gasteiger partial charge in [0, 0.05) is 23.6 Å². The first-order chi connectivity index (χ1) is 15.8. The van der Waals surface area contributed by atoms with Gasteiger partial charge in [0.25, 0.3) is 5.56 Å². The van der Waals surface area contributed by atoms with Gasteiger partial charge in [-0.1, -0.05) is 37.1 Å². The van der Waals surface area contributed by atoms with E-state index in [1.807, 2.05) is 13.0 Å². The number of phenols is 1. The Balaban J connectivity index is 1.58. The zero-order valence-corrected chi connectivity index (χ0v) is 19.2. The van der Waals surface area contributed by atoms with Gasteiger partial charge in [-0.05, 0) is 62.1 Å². The number of benzene rings is 1. The SMILES string of the molecule is CC1=C[C@@H](C(=O)c2c(O)c(-c3ccc(O)cc3)c[nH]c2=O)[C@H](C2OC2C)[C@H]2C[C@@H](C)CC[C@H]12. The van der Waals surface area contributed by atoms with Crippen LogP contribution in [0.3, 0.4) is 0 Å². The molecule has 2 aliphatic carbocycles. The number of phenolic OH excluding ortho intramolecular Hbond substituents is 1. The smallest absolute Gasteiger partial charge is 0.262 e. The fourth-order valence-corrected chi connectivity index (χ4v) is 6.28. The molecule has 1 aliphatic heterocycles. The highest BCUT2D eigenvalue weighted by molar-refractivity contribution is 6.03. The zero-order valence-electron chi connectivity index (χ0n) is 19.2. The van der Waals surface area contributed by atoms with Crippen LogP contribution in [0.25, 0.3) is 11.1 Å². The number of fused-ring (bicyclic) bond motifs is 1. The van der Waals surface area contributed by atoms with Crippen LogP contribution in [0, 0.1) is 29.6 Å². The maximum absolute atomic E-state index is 13.9. The van der Waals surface area contributed by atoms with Crippen molar-refractivity contribution in [3.63, 3.8) is 0 Å². The molecule has 6 nitrogen and oxygen atoms in total. The first-order valence-electron chi connectivity index (χ1n) is 11.9. The van der Waals surface area contributed by atoms with Crippen LogP contribution in [0.5, 0.6) is 11.5 Å². The molecule has 33 heavy (non-hydrogen) atoms. The van der Waals surface area contributed by atoms with E-state index in [1.54, 1.807) is 12.1 Å². The van der Waals surface area contributed by atoms with E-state index >= 15 is 0 Å². The molecular weight excluding hydrogens is 418 g/mol. The van der Waals surface area contributed by atoms with E-state index in [1.165, 1.54) is 30.3 Å². The molecule has 0 spiro atoms. The highest BCUT2D eigenvalue weighted by Gasteiger charge is 2.54. The second-order valence-corrected chi connectivity index (χ2v) is 10.2. The number of ether oxygens (including phenoxy) is 1. The van der Waals surface area contributed by atoms with Gasteiger partial charge < -0.3 is 19.9 Å². The monoisotopic (exact) mass is 449 g/mol. The lowest BCUT2D eigenvalue weighted by molar-refractivity contribution is 0.0631. The van der Waals surface area contributed by atoms with Crippen molar-refractivity contribution in [3.05, 3.63) is 58.0 Å². The molecule has 0 radical (unpaired) electrons. The molecule has 5 rings (SSSR count). The molecular formula is C27H31NO5. The van der Waals surface area contributed by atoms with Gasteiger partial charge in [-0.15, -0.1) is 0 Å². The molecule has 0 bridgehead atoms. The maximum Gasteiger partial charge on any atom is 0.262 e. The summed E-state index contributed by atoms with van der Waals surface area (Å²) in [4.78, 5) is 29.4. The third-order valence-electron chi connectivity index (χ3n) is 8.03. The van der Waals surface area contributed by atoms with Gasteiger partial charge in [0.05, 0.1) is 12.2 Å². The van der Waals surface area contributed by atoms with Gasteiger partial charge in [-0.3, -0.25) is 9.59 Å². The van der Waals surface area contributed by atoms with Crippen molar-refractivity contribution in [2.75, 3.05) is 0 Å². The number of aromatic amines is 1. The molecule has 0 amide bonds. The summed E-state index contributed by atoms with van der Waals surface area (Å²) in [6, 6.07) is 6.28. The van der Waals surface area contributed by atoms with Crippen molar-refractivity contribution in [1.29, 1.82) is 0 Å². The lowest BCUT2D eigenvalue weighted by Crippen LogP contribution is -2.44. The number of hydrogen-bond donors (Lipinski definition) is 3. The summed E-state index contributed by atoms with van der Waals surface area (Å²) in [7, 11) is 0. The van der Waals surface area contributed by atoms with E-state index in [-0.39, 0.29) is 41.0 Å². The van der Waals surface area contributed by atoms with Crippen LogP contribution in [-0.2, 0) is 4.74 Å². The van der Waals surface area contributed by atoms with Crippen molar-refractivity contribution in [2.45, 2.75) is 52.2 Å². The second kappa shape index (κ2) is 8.17. The zero-order chi connectivity index (χ0) is 23.4. The highest BCUT2D eigenvalue weighted by Crippen LogP contribution is 2.53. The largest absolute Gasteiger partial charge is 0.508 e. The lowest BCUT2D eigenvalue weighted by Gasteiger charge is -2.45. The number of carbonyl (C=O) groups excluding carboxylic acids is 1. The Hall–Kier alpha value is -2.86. The number of hydrogen-bond acceptors (Lipinski definition) is 5. The number of epoxide rings is 1. The van der Waals surface area contributed by atoms with Crippen LogP contribution in [0.1, 0.15) is 50.4 Å². The Morgan fingerprint density at radius 2 is 1.82 bits per heavy atom. The fourth-order valence-electron chi connectivity index (χ4n) is 6.28. The summed E-state index contributed by atoms with van der Waals surface area (Å²) in [5, 5.41) is 20.7. The van der Waals surface area contributed by atoms with Crippen LogP contribution in [0.4, 0.5) is 0 Å². The molecule has 2 heterocycles. The number of nitrogens with one attached hydrogen (secondary N) is 1. The van der Waals surface area contributed by atoms with E-state index in [0.717, 1.165) is 12.8 Å². The standard InChI is InChI=1S/C27H31NO5/c1-13-4-9-18-14(2)11-20(22(19(18)10-13)26-15(3)33-26)24(30)23-25(31)21(12-28-27(23)32)16-5-7-17(29)8-6-16/h5-8,11-13,15,18-20,22,26,29H,4,9-10H2,1-3H3,(H2,28,31,32)/t13-,15?,18+,19-,20+,22+,26?/m0/s1. The summed E-state index contributed by atoms with van der Waals surface area (Å²) >= 11 is 0. The number of rotatable bonds is 4. The summed E-state index contributed by atoms with van der Waals surface area (Å²) in [5.41, 5.74) is 1.37. The minimum atomic E-state index is -0.589. The number of pyridine rings is 1. The Morgan fingerprint density at radius 3 is 2.48 bits per heavy atom. The minimum Gasteiger partial charge on any atom is -0.508 e. The molecule has 1 aromatic heterocycles. The molecule has 6 heteroatoms. The van der Waals surface area contributed by atoms with E-state index in [4.69, 9.17) is 4.74 Å². The quantitative estimate of drug-likeness (QED) is 0.358. The van der Waals surface area contributed by atoms with Crippen molar-refractivity contribution in [1.82, 2.24) is 4.98 Å². The Bertz CT molecular complexity index is 1160. The van der Waals surface area contributed by atoms with Crippen LogP contribution in [0.2, 0.25) is 0 Å². The van der Waals surface area contributed by atoms with Crippen molar-refractivity contribution in [2.24, 2.45) is 29.6 Å². The van der Waals surface area contributed by atoms with Gasteiger partial charge in [-0.2, -0.15) is 0 Å². The molecule has 1 saturated carbocycles. The van der Waals surface area contributed by atoms with Crippen LogP contribution >= 0.6 is 0 Å². The fraction of sp³-hybridized carbons (Fsp3) is 0.481. The number of H-pyrrole nitrogens is 1. The van der Waals surface area contributed by atoms with E-state index in [0.29, 0.717) is 28.9 Å². The van der Waals surface area contributed by atoms with Crippen LogP contribution in [0.15, 0.2) is 46.9 Å². The summed E-state index contributed by atoms with van der Waals surface area (Å²) in [6.45, 7) is 6.40. The molecule has 3 N–H and O–H groups in total. The number of aromatic nitrogens is 1. The van der Waals surface area contributed by atoms with Crippen LogP contribution < -0.4 is 5.56 Å². The number of Topliss-reactive ketones (excluding diaryl/α,β-unsaturated/α-hetero) is 1. The van der Waals surface area contributed by atoms with Gasteiger partial charge >= 0.3 is 0 Å². The van der Waals surface area contributed by atoms with Gasteiger partial charge in [-0.25, -0.2) is 0 Å². The van der Waals surface area contributed by atoms with E-state index < -0.39 is 11.5 Å². The number of allylic oxidation sites excluding steroid dienone is 2. The van der Waals surface area contributed by atoms with Crippen LogP contribution in [-0.4, -0.2) is 33.2 Å². The Kier molecular flexibility index (Phi) is 5.44. The van der Waals surface area contributed by atoms with Gasteiger partial charge in [0.15, 0.2) is 5.78 Å². The first kappa shape index (κ1) is 22.0. The lowest BCUT2D eigenvalue weighted by atomic mass is 9.58. The van der Waals surface area contributed by atoms with Crippen molar-refractivity contribution >= 4 is 5.78 Å². The van der Waals surface area contributed by atoms with E-state index in [9.17, 15) is 19.8 Å². The number of ketones is 1. The second-order valence-electron chi connectivity index (χ2n) is 10.2. The third kappa shape index (κ3) is 3.80. The maximum atomic E-state index is 13.9. The number of carbonyl (C=O) groups is 1. The molecule has 1 saturated heterocycles. The highest BCUT2D eigenvalue weighted by atomic mass is 16.6. The number of aromatic hydroxyl groups is 2. The molecule has 2 fully saturated rings. The molecule has 2 aromatic rings.